The smallest absolute Gasteiger partial charge is 0.0638 e. The molecular weight excluding hydrogens is 198 g/mol. The van der Waals surface area contributed by atoms with Crippen molar-refractivity contribution in [2.45, 2.75) is 59.5 Å². The Labute approximate surface area is 99.0 Å². The highest BCUT2D eigenvalue weighted by atomic mass is 15.3. The summed E-state index contributed by atoms with van der Waals surface area (Å²) in [4.78, 5) is 0. The first-order valence-electron chi connectivity index (χ1n) is 6.44. The molecule has 1 rings (SSSR count). The summed E-state index contributed by atoms with van der Waals surface area (Å²) in [6.07, 6.45) is 7.25. The summed E-state index contributed by atoms with van der Waals surface area (Å²) in [7, 11) is 0. The fraction of sp³-hybridized carbons (Fsp3) is 0.769. The first kappa shape index (κ1) is 13.2. The molecule has 0 aromatic carbocycles. The summed E-state index contributed by atoms with van der Waals surface area (Å²) in [5.41, 5.74) is 7.90. The molecule has 0 aliphatic rings. The summed E-state index contributed by atoms with van der Waals surface area (Å²) in [6.45, 7) is 8.18. The standard InChI is InChI=1S/C13H25N3/c1-4-6-7-12(5-2)9-16-10-13(8-14)11(3)15-16/h10,12H,4-9,14H2,1-3H3. The molecule has 3 heteroatoms. The number of nitrogens with zero attached hydrogens (tertiary/aromatic N) is 2. The Morgan fingerprint density at radius 1 is 1.44 bits per heavy atom. The molecule has 0 saturated heterocycles. The predicted molar refractivity (Wildman–Crippen MR) is 68.2 cm³/mol. The summed E-state index contributed by atoms with van der Waals surface area (Å²) in [5, 5.41) is 4.51. The fourth-order valence-corrected chi connectivity index (χ4v) is 2.03. The highest BCUT2D eigenvalue weighted by molar-refractivity contribution is 5.14. The lowest BCUT2D eigenvalue weighted by Gasteiger charge is -2.14. The van der Waals surface area contributed by atoms with Crippen LogP contribution in [0.2, 0.25) is 0 Å². The summed E-state index contributed by atoms with van der Waals surface area (Å²) in [6, 6.07) is 0. The number of aryl methyl sites for hydroxylation is 1. The van der Waals surface area contributed by atoms with E-state index in [0.717, 1.165) is 18.2 Å². The van der Waals surface area contributed by atoms with Crippen LogP contribution in [0.4, 0.5) is 0 Å². The maximum atomic E-state index is 5.65. The van der Waals surface area contributed by atoms with Crippen LogP contribution in [-0.4, -0.2) is 9.78 Å². The largest absolute Gasteiger partial charge is 0.326 e. The van der Waals surface area contributed by atoms with E-state index in [-0.39, 0.29) is 0 Å². The van der Waals surface area contributed by atoms with Crippen molar-refractivity contribution in [1.29, 1.82) is 0 Å². The molecule has 1 aromatic rings. The average molecular weight is 223 g/mol. The lowest BCUT2D eigenvalue weighted by atomic mass is 9.99. The molecule has 16 heavy (non-hydrogen) atoms. The quantitative estimate of drug-likeness (QED) is 0.772. The van der Waals surface area contributed by atoms with Crippen molar-refractivity contribution in [3.05, 3.63) is 17.5 Å². The van der Waals surface area contributed by atoms with Crippen LogP contribution in [-0.2, 0) is 13.1 Å². The van der Waals surface area contributed by atoms with Crippen LogP contribution >= 0.6 is 0 Å². The Balaban J connectivity index is 2.55. The lowest BCUT2D eigenvalue weighted by Crippen LogP contribution is -2.10. The third kappa shape index (κ3) is 3.63. The third-order valence-electron chi connectivity index (χ3n) is 3.26. The highest BCUT2D eigenvalue weighted by Crippen LogP contribution is 2.15. The van der Waals surface area contributed by atoms with Crippen molar-refractivity contribution in [2.24, 2.45) is 11.7 Å². The van der Waals surface area contributed by atoms with Crippen molar-refractivity contribution in [2.75, 3.05) is 0 Å². The summed E-state index contributed by atoms with van der Waals surface area (Å²) < 4.78 is 2.07. The molecule has 0 radical (unpaired) electrons. The van der Waals surface area contributed by atoms with E-state index in [1.807, 2.05) is 6.92 Å². The minimum Gasteiger partial charge on any atom is -0.326 e. The molecule has 92 valence electrons. The van der Waals surface area contributed by atoms with Crippen molar-refractivity contribution in [3.63, 3.8) is 0 Å². The minimum absolute atomic E-state index is 0.595. The van der Waals surface area contributed by atoms with Gasteiger partial charge in [0.1, 0.15) is 0 Å². The Morgan fingerprint density at radius 3 is 2.69 bits per heavy atom. The second-order valence-corrected chi connectivity index (χ2v) is 4.58. The van der Waals surface area contributed by atoms with Gasteiger partial charge < -0.3 is 5.73 Å². The molecule has 0 fully saturated rings. The van der Waals surface area contributed by atoms with E-state index in [2.05, 4.69) is 29.8 Å². The summed E-state index contributed by atoms with van der Waals surface area (Å²) >= 11 is 0. The van der Waals surface area contributed by atoms with E-state index in [1.165, 1.54) is 31.2 Å². The fourth-order valence-electron chi connectivity index (χ4n) is 2.03. The van der Waals surface area contributed by atoms with Gasteiger partial charge in [-0.25, -0.2) is 0 Å². The van der Waals surface area contributed by atoms with E-state index in [0.29, 0.717) is 6.54 Å². The van der Waals surface area contributed by atoms with Gasteiger partial charge in [0.25, 0.3) is 0 Å². The summed E-state index contributed by atoms with van der Waals surface area (Å²) in [5.74, 6) is 0.755. The van der Waals surface area contributed by atoms with Gasteiger partial charge in [-0.15, -0.1) is 0 Å². The molecule has 1 unspecified atom stereocenters. The number of hydrogen-bond acceptors (Lipinski definition) is 2. The van der Waals surface area contributed by atoms with E-state index in [9.17, 15) is 0 Å². The number of hydrogen-bond donors (Lipinski definition) is 1. The van der Waals surface area contributed by atoms with Crippen LogP contribution in [0.3, 0.4) is 0 Å². The molecule has 1 heterocycles. The third-order valence-corrected chi connectivity index (χ3v) is 3.26. The normalized spacial score (nSPS) is 13.0. The van der Waals surface area contributed by atoms with Gasteiger partial charge in [-0.05, 0) is 19.3 Å². The van der Waals surface area contributed by atoms with Gasteiger partial charge in [0.05, 0.1) is 5.69 Å². The van der Waals surface area contributed by atoms with Gasteiger partial charge in [0, 0.05) is 24.8 Å². The van der Waals surface area contributed by atoms with Crippen LogP contribution in [0, 0.1) is 12.8 Å². The van der Waals surface area contributed by atoms with Gasteiger partial charge in [-0.3, -0.25) is 4.68 Å². The Kier molecular flexibility index (Phi) is 5.53. The number of unbranched alkanes of at least 4 members (excludes halogenated alkanes) is 1. The van der Waals surface area contributed by atoms with Gasteiger partial charge >= 0.3 is 0 Å². The number of rotatable bonds is 7. The maximum absolute atomic E-state index is 5.65. The van der Waals surface area contributed by atoms with Crippen molar-refractivity contribution >= 4 is 0 Å². The molecule has 0 saturated carbocycles. The number of aromatic nitrogens is 2. The molecule has 0 bridgehead atoms. The first-order valence-corrected chi connectivity index (χ1v) is 6.44. The zero-order valence-electron chi connectivity index (χ0n) is 10.9. The highest BCUT2D eigenvalue weighted by Gasteiger charge is 2.09. The van der Waals surface area contributed by atoms with Crippen molar-refractivity contribution in [3.8, 4) is 0 Å². The van der Waals surface area contributed by atoms with E-state index in [1.54, 1.807) is 0 Å². The molecule has 1 atom stereocenters. The van der Waals surface area contributed by atoms with Gasteiger partial charge in [0.15, 0.2) is 0 Å². The average Bonchev–Trinajstić information content (AvgIpc) is 2.64. The second-order valence-electron chi connectivity index (χ2n) is 4.58. The Bertz CT molecular complexity index is 304. The topological polar surface area (TPSA) is 43.8 Å². The molecule has 0 aliphatic carbocycles. The molecule has 3 nitrogen and oxygen atoms in total. The van der Waals surface area contributed by atoms with Crippen molar-refractivity contribution < 1.29 is 0 Å². The Hall–Kier alpha value is -0.830. The maximum Gasteiger partial charge on any atom is 0.0638 e. The van der Waals surface area contributed by atoms with Crippen LogP contribution in [0.15, 0.2) is 6.20 Å². The van der Waals surface area contributed by atoms with Crippen LogP contribution in [0.5, 0.6) is 0 Å². The lowest BCUT2D eigenvalue weighted by molar-refractivity contribution is 0.371. The van der Waals surface area contributed by atoms with E-state index >= 15 is 0 Å². The molecular formula is C13H25N3. The van der Waals surface area contributed by atoms with Gasteiger partial charge in [0.2, 0.25) is 0 Å². The molecule has 1 aromatic heterocycles. The van der Waals surface area contributed by atoms with E-state index in [4.69, 9.17) is 5.73 Å². The number of nitrogens with two attached hydrogens (primary N) is 1. The molecule has 0 aliphatic heterocycles. The van der Waals surface area contributed by atoms with Gasteiger partial charge in [-0.2, -0.15) is 5.10 Å². The SMILES string of the molecule is CCCCC(CC)Cn1cc(CN)c(C)n1. The molecule has 0 amide bonds. The van der Waals surface area contributed by atoms with E-state index < -0.39 is 0 Å². The minimum atomic E-state index is 0.595. The monoisotopic (exact) mass is 223 g/mol. The van der Waals surface area contributed by atoms with Crippen LogP contribution in [0.25, 0.3) is 0 Å². The van der Waals surface area contributed by atoms with Crippen molar-refractivity contribution in [1.82, 2.24) is 9.78 Å². The first-order chi connectivity index (χ1) is 7.71. The molecule has 0 spiro atoms. The predicted octanol–water partition coefficient (Wildman–Crippen LogP) is 2.87. The van der Waals surface area contributed by atoms with Crippen LogP contribution in [0.1, 0.15) is 50.8 Å². The zero-order chi connectivity index (χ0) is 12.0. The second kappa shape index (κ2) is 6.69. The van der Waals surface area contributed by atoms with Gasteiger partial charge in [-0.1, -0.05) is 33.1 Å². The Morgan fingerprint density at radius 2 is 2.19 bits per heavy atom. The zero-order valence-corrected chi connectivity index (χ0v) is 10.9. The molecule has 2 N–H and O–H groups in total. The van der Waals surface area contributed by atoms with Crippen LogP contribution < -0.4 is 5.73 Å².